The second-order valence-electron chi connectivity index (χ2n) is 6.46. The van der Waals surface area contributed by atoms with Gasteiger partial charge in [-0.3, -0.25) is 19.7 Å². The van der Waals surface area contributed by atoms with E-state index in [2.05, 4.69) is 11.9 Å². The third kappa shape index (κ3) is 4.50. The highest BCUT2D eigenvalue weighted by Crippen LogP contribution is 2.21. The Morgan fingerprint density at radius 2 is 1.78 bits per heavy atom. The van der Waals surface area contributed by atoms with E-state index in [1.54, 1.807) is 18.2 Å². The molecular formula is C22H21NO4. The Balaban J connectivity index is 1.56. The summed E-state index contributed by atoms with van der Waals surface area (Å²) in [5.74, 6) is -1.34. The van der Waals surface area contributed by atoms with Crippen molar-refractivity contribution in [3.8, 4) is 0 Å². The Morgan fingerprint density at radius 1 is 1.04 bits per heavy atom. The number of hydrogen-bond donors (Lipinski definition) is 1. The van der Waals surface area contributed by atoms with Crippen LogP contribution in [0.4, 0.5) is 0 Å². The van der Waals surface area contributed by atoms with Crippen LogP contribution >= 0.6 is 0 Å². The fraction of sp³-hybridized carbons (Fsp3) is 0.227. The van der Waals surface area contributed by atoms with Crippen LogP contribution in [0, 0.1) is 0 Å². The minimum Gasteiger partial charge on any atom is -0.461 e. The lowest BCUT2D eigenvalue weighted by Gasteiger charge is -2.08. The quantitative estimate of drug-likeness (QED) is 0.338. The van der Waals surface area contributed by atoms with Gasteiger partial charge in [-0.05, 0) is 42.0 Å². The van der Waals surface area contributed by atoms with Gasteiger partial charge in [-0.1, -0.05) is 42.5 Å². The molecule has 27 heavy (non-hydrogen) atoms. The Bertz CT molecular complexity index is 884. The van der Waals surface area contributed by atoms with Crippen LogP contribution in [0.2, 0.25) is 0 Å². The van der Waals surface area contributed by atoms with Crippen molar-refractivity contribution in [3.05, 3.63) is 82.9 Å². The molecule has 1 N–H and O–H groups in total. The summed E-state index contributed by atoms with van der Waals surface area (Å²) < 4.78 is 5.32. The molecular weight excluding hydrogens is 342 g/mol. The van der Waals surface area contributed by atoms with Gasteiger partial charge in [0.1, 0.15) is 6.61 Å². The first kappa shape index (κ1) is 18.6. The van der Waals surface area contributed by atoms with Gasteiger partial charge < -0.3 is 4.74 Å². The minimum absolute atomic E-state index is 0.0521. The molecule has 0 atom stereocenters. The molecule has 0 radical (unpaired) electrons. The first-order chi connectivity index (χ1) is 13.1. The molecule has 0 aliphatic carbocycles. The number of unbranched alkanes of at least 4 members (excludes halogenated alkanes) is 1. The van der Waals surface area contributed by atoms with Gasteiger partial charge in [0.25, 0.3) is 11.8 Å². The zero-order valence-corrected chi connectivity index (χ0v) is 15.0. The summed E-state index contributed by atoms with van der Waals surface area (Å²) in [4.78, 5) is 35.7. The highest BCUT2D eigenvalue weighted by Gasteiger charge is 2.29. The number of nitrogens with one attached hydrogen (secondary N) is 1. The maximum atomic E-state index is 12.2. The summed E-state index contributed by atoms with van der Waals surface area (Å²) in [7, 11) is 0. The minimum atomic E-state index is -0.467. The average molecular weight is 363 g/mol. The van der Waals surface area contributed by atoms with Crippen LogP contribution in [-0.4, -0.2) is 17.8 Å². The van der Waals surface area contributed by atoms with Gasteiger partial charge in [0, 0.05) is 0 Å². The Morgan fingerprint density at radius 3 is 2.52 bits per heavy atom. The number of aryl methyl sites for hydroxylation is 1. The molecule has 1 heterocycles. The van der Waals surface area contributed by atoms with Crippen LogP contribution in [0.25, 0.3) is 0 Å². The maximum Gasteiger partial charge on any atom is 0.310 e. The number of imide groups is 1. The molecule has 5 heteroatoms. The largest absolute Gasteiger partial charge is 0.461 e. The lowest BCUT2D eigenvalue weighted by Crippen LogP contribution is -2.20. The van der Waals surface area contributed by atoms with Crippen molar-refractivity contribution >= 4 is 17.8 Å². The number of rotatable bonds is 8. The van der Waals surface area contributed by atoms with E-state index in [9.17, 15) is 14.4 Å². The van der Waals surface area contributed by atoms with Gasteiger partial charge in [-0.25, -0.2) is 0 Å². The molecule has 0 bridgehead atoms. The molecule has 1 aliphatic rings. The van der Waals surface area contributed by atoms with E-state index >= 15 is 0 Å². The van der Waals surface area contributed by atoms with Gasteiger partial charge in [0.15, 0.2) is 0 Å². The van der Waals surface area contributed by atoms with E-state index in [0.29, 0.717) is 11.1 Å². The normalized spacial score (nSPS) is 12.4. The molecule has 2 aromatic rings. The molecule has 0 saturated carbocycles. The highest BCUT2D eigenvalue weighted by atomic mass is 16.5. The Kier molecular flexibility index (Phi) is 5.81. The lowest BCUT2D eigenvalue weighted by molar-refractivity contribution is -0.144. The number of hydrogen-bond acceptors (Lipinski definition) is 4. The number of carbonyl (C=O) groups excluding carboxylic acids is 3. The van der Waals surface area contributed by atoms with Crippen molar-refractivity contribution in [1.29, 1.82) is 0 Å². The smallest absolute Gasteiger partial charge is 0.310 e. The van der Waals surface area contributed by atoms with Crippen LogP contribution in [0.3, 0.4) is 0 Å². The van der Waals surface area contributed by atoms with Crippen LogP contribution in [-0.2, 0) is 29.0 Å². The summed E-state index contributed by atoms with van der Waals surface area (Å²) in [6, 6.07) is 12.9. The Hall–Kier alpha value is -3.21. The van der Waals surface area contributed by atoms with Gasteiger partial charge in [-0.2, -0.15) is 0 Å². The second kappa shape index (κ2) is 8.45. The van der Waals surface area contributed by atoms with Crippen molar-refractivity contribution in [1.82, 2.24) is 5.32 Å². The number of allylic oxidation sites excluding steroid dienone is 1. The van der Waals surface area contributed by atoms with E-state index < -0.39 is 17.8 Å². The molecule has 2 amide bonds. The number of ether oxygens (including phenoxy) is 1. The average Bonchev–Trinajstić information content (AvgIpc) is 2.96. The van der Waals surface area contributed by atoms with Crippen molar-refractivity contribution in [2.45, 2.75) is 32.3 Å². The van der Waals surface area contributed by atoms with E-state index in [1.165, 1.54) is 5.56 Å². The molecule has 0 aromatic heterocycles. The summed E-state index contributed by atoms with van der Waals surface area (Å²) >= 11 is 0. The number of amides is 2. The van der Waals surface area contributed by atoms with Crippen LogP contribution in [0.15, 0.2) is 55.1 Å². The van der Waals surface area contributed by atoms with Crippen molar-refractivity contribution in [3.63, 3.8) is 0 Å². The van der Waals surface area contributed by atoms with E-state index in [4.69, 9.17) is 4.74 Å². The molecule has 0 spiro atoms. The topological polar surface area (TPSA) is 72.5 Å². The Labute approximate surface area is 158 Å². The third-order valence-corrected chi connectivity index (χ3v) is 4.48. The summed E-state index contributed by atoms with van der Waals surface area (Å²) in [5.41, 5.74) is 3.21. The molecule has 1 aliphatic heterocycles. The van der Waals surface area contributed by atoms with Gasteiger partial charge in [0.05, 0.1) is 17.5 Å². The van der Waals surface area contributed by atoms with Crippen molar-refractivity contribution in [2.75, 3.05) is 0 Å². The van der Waals surface area contributed by atoms with E-state index in [0.717, 1.165) is 24.8 Å². The predicted octanol–water partition coefficient (Wildman–Crippen LogP) is 3.36. The highest BCUT2D eigenvalue weighted by molar-refractivity contribution is 6.22. The zero-order chi connectivity index (χ0) is 19.2. The molecule has 138 valence electrons. The van der Waals surface area contributed by atoms with Crippen LogP contribution < -0.4 is 5.32 Å². The standard InChI is InChI=1S/C22H21NO4/c1-2-3-4-6-15-9-11-16(12-10-15)14-27-19(24)13-17-7-5-8-18-20(17)22(26)23-21(18)25/h2,5,7-12H,1,3-4,6,13-14H2,(H,23,25,26). The van der Waals surface area contributed by atoms with Crippen LogP contribution in [0.5, 0.6) is 0 Å². The molecule has 2 aromatic carbocycles. The zero-order valence-electron chi connectivity index (χ0n) is 15.0. The lowest BCUT2D eigenvalue weighted by atomic mass is 10.0. The van der Waals surface area contributed by atoms with E-state index in [1.807, 2.05) is 30.3 Å². The second-order valence-corrected chi connectivity index (χ2v) is 6.46. The molecule has 3 rings (SSSR count). The first-order valence-corrected chi connectivity index (χ1v) is 8.90. The molecule has 0 unspecified atom stereocenters. The molecule has 0 saturated heterocycles. The fourth-order valence-corrected chi connectivity index (χ4v) is 3.06. The van der Waals surface area contributed by atoms with Crippen molar-refractivity contribution < 1.29 is 19.1 Å². The monoisotopic (exact) mass is 363 g/mol. The third-order valence-electron chi connectivity index (χ3n) is 4.48. The SMILES string of the molecule is C=CCCCc1ccc(COC(=O)Cc2cccc3c2C(=O)NC3=O)cc1. The number of fused-ring (bicyclic) bond motifs is 1. The maximum absolute atomic E-state index is 12.2. The fourth-order valence-electron chi connectivity index (χ4n) is 3.06. The van der Waals surface area contributed by atoms with Gasteiger partial charge in [0.2, 0.25) is 0 Å². The summed E-state index contributed by atoms with van der Waals surface area (Å²) in [6.07, 6.45) is 4.91. The van der Waals surface area contributed by atoms with E-state index in [-0.39, 0.29) is 18.6 Å². The summed E-state index contributed by atoms with van der Waals surface area (Å²) in [5, 5.41) is 2.24. The number of benzene rings is 2. The molecule has 0 fully saturated rings. The van der Waals surface area contributed by atoms with Gasteiger partial charge >= 0.3 is 5.97 Å². The number of esters is 1. The van der Waals surface area contributed by atoms with Crippen molar-refractivity contribution in [2.24, 2.45) is 0 Å². The summed E-state index contributed by atoms with van der Waals surface area (Å²) in [6.45, 7) is 3.89. The van der Waals surface area contributed by atoms with Crippen LogP contribution in [0.1, 0.15) is 50.2 Å². The predicted molar refractivity (Wildman–Crippen MR) is 101 cm³/mol. The number of carbonyl (C=O) groups is 3. The van der Waals surface area contributed by atoms with Gasteiger partial charge in [-0.15, -0.1) is 6.58 Å². The molecule has 5 nitrogen and oxygen atoms in total. The first-order valence-electron chi connectivity index (χ1n) is 8.90.